The van der Waals surface area contributed by atoms with Crippen LogP contribution in [0.4, 0.5) is 28.7 Å². The van der Waals surface area contributed by atoms with Crippen LogP contribution in [0.5, 0.6) is 0 Å². The number of aliphatic hydroxyl groups is 1. The van der Waals surface area contributed by atoms with Crippen molar-refractivity contribution >= 4 is 51.2 Å². The maximum atomic E-state index is 12.2. The summed E-state index contributed by atoms with van der Waals surface area (Å²) in [7, 11) is -1.83. The van der Waals surface area contributed by atoms with Crippen molar-refractivity contribution in [1.29, 1.82) is 0 Å². The Morgan fingerprint density at radius 1 is 1.22 bits per heavy atom. The van der Waals surface area contributed by atoms with E-state index in [-0.39, 0.29) is 5.75 Å². The predicted molar refractivity (Wildman–Crippen MR) is 166 cm³/mol. The van der Waals surface area contributed by atoms with Crippen LogP contribution in [0.3, 0.4) is 0 Å². The molecule has 1 aliphatic carbocycles. The smallest absolute Gasteiger partial charge is 0.234 e. The molecule has 2 fully saturated rings. The van der Waals surface area contributed by atoms with E-state index in [1.165, 1.54) is 19.0 Å². The number of rotatable bonds is 15. The molecule has 1 aliphatic heterocycles. The number of nitrogens with zero attached hydrogens (tertiary/aromatic N) is 3. The van der Waals surface area contributed by atoms with Gasteiger partial charge < -0.3 is 26.4 Å². The van der Waals surface area contributed by atoms with E-state index >= 15 is 0 Å². The average molecular weight is 584 g/mol. The fraction of sp³-hybridized carbons (Fsp3) is 0.483. The summed E-state index contributed by atoms with van der Waals surface area (Å²) in [5.74, 6) is 1.60. The predicted octanol–water partition coefficient (Wildman–Crippen LogP) is 3.73. The fourth-order valence-corrected chi connectivity index (χ4v) is 6.43. The van der Waals surface area contributed by atoms with Crippen LogP contribution in [-0.4, -0.2) is 70.1 Å². The first kappa shape index (κ1) is 30.3. The topological polar surface area (TPSA) is 162 Å². The zero-order chi connectivity index (χ0) is 29.3. The van der Waals surface area contributed by atoms with Crippen LogP contribution in [-0.2, 0) is 10.0 Å². The molecule has 41 heavy (non-hydrogen) atoms. The minimum atomic E-state index is -3.66. The molecule has 2 heterocycles. The number of aromatic nitrogens is 1. The van der Waals surface area contributed by atoms with Crippen molar-refractivity contribution in [2.24, 2.45) is 22.1 Å². The van der Waals surface area contributed by atoms with Crippen LogP contribution in [0, 0.1) is 11.3 Å². The maximum absolute atomic E-state index is 12.2. The highest BCUT2D eigenvalue weighted by molar-refractivity contribution is 7.92. The third-order valence-corrected chi connectivity index (χ3v) is 9.29. The summed E-state index contributed by atoms with van der Waals surface area (Å²) in [5.41, 5.74) is 8.22. The van der Waals surface area contributed by atoms with Gasteiger partial charge in [-0.05, 0) is 86.0 Å². The summed E-state index contributed by atoms with van der Waals surface area (Å²) in [6, 6.07) is 8.77. The number of carbonyl (C=O) groups is 1. The third kappa shape index (κ3) is 7.98. The van der Waals surface area contributed by atoms with Gasteiger partial charge in [-0.3, -0.25) is 14.5 Å². The molecule has 6 N–H and O–H groups in total. The number of sulfonamides is 1. The number of benzene rings is 1. The Bertz CT molecular complexity index is 1360. The van der Waals surface area contributed by atoms with Gasteiger partial charge in [-0.2, -0.15) is 0 Å². The van der Waals surface area contributed by atoms with Gasteiger partial charge in [0, 0.05) is 44.1 Å². The second-order valence-corrected chi connectivity index (χ2v) is 12.5. The molecular formula is C29H41N7O4S. The van der Waals surface area contributed by atoms with Crippen molar-refractivity contribution in [3.05, 3.63) is 48.2 Å². The lowest BCUT2D eigenvalue weighted by atomic mass is 9.79. The lowest BCUT2D eigenvalue weighted by molar-refractivity contribution is 0.112. The van der Waals surface area contributed by atoms with E-state index in [0.717, 1.165) is 74.6 Å². The molecule has 0 amide bonds. The molecule has 0 bridgehead atoms. The Hall–Kier alpha value is -3.64. The Kier molecular flexibility index (Phi) is 10.2. The van der Waals surface area contributed by atoms with Gasteiger partial charge in [0.05, 0.1) is 18.0 Å². The second kappa shape index (κ2) is 13.8. The monoisotopic (exact) mass is 583 g/mol. The first-order valence-electron chi connectivity index (χ1n) is 14.1. The van der Waals surface area contributed by atoms with Gasteiger partial charge in [0.1, 0.15) is 11.5 Å². The molecule has 12 heteroatoms. The van der Waals surface area contributed by atoms with E-state index in [1.807, 2.05) is 19.2 Å². The molecule has 1 saturated carbocycles. The van der Waals surface area contributed by atoms with E-state index in [1.54, 1.807) is 30.5 Å². The molecule has 4 rings (SSSR count). The number of piperidine rings is 1. The third-order valence-electron chi connectivity index (χ3n) is 8.02. The summed E-state index contributed by atoms with van der Waals surface area (Å²) in [4.78, 5) is 23.1. The van der Waals surface area contributed by atoms with Crippen molar-refractivity contribution in [2.45, 2.75) is 38.5 Å². The maximum Gasteiger partial charge on any atom is 0.234 e. The van der Waals surface area contributed by atoms with Gasteiger partial charge in [-0.1, -0.05) is 6.42 Å². The molecule has 1 saturated heterocycles. The van der Waals surface area contributed by atoms with Gasteiger partial charge in [0.2, 0.25) is 10.0 Å². The van der Waals surface area contributed by atoms with Crippen LogP contribution >= 0.6 is 0 Å². The number of nitrogens with one attached hydrogen (secondary N) is 3. The molecule has 1 aromatic carbocycles. The minimum Gasteiger partial charge on any atom is -0.405 e. The molecule has 1 aromatic heterocycles. The number of anilines is 4. The van der Waals surface area contributed by atoms with Gasteiger partial charge in [0.25, 0.3) is 0 Å². The number of carbonyl (C=O) groups excluding carboxylic acids is 1. The lowest BCUT2D eigenvalue weighted by Gasteiger charge is -2.41. The first-order valence-corrected chi connectivity index (χ1v) is 15.8. The molecule has 2 aromatic rings. The van der Waals surface area contributed by atoms with Gasteiger partial charge in [0.15, 0.2) is 12.1 Å². The van der Waals surface area contributed by atoms with Crippen LogP contribution in [0.2, 0.25) is 0 Å². The summed E-state index contributed by atoms with van der Waals surface area (Å²) in [6.45, 7) is 1.98. The van der Waals surface area contributed by atoms with Crippen LogP contribution in [0.25, 0.3) is 0 Å². The van der Waals surface area contributed by atoms with Gasteiger partial charge in [-0.15, -0.1) is 0 Å². The fourth-order valence-electron chi connectivity index (χ4n) is 5.60. The van der Waals surface area contributed by atoms with E-state index in [0.29, 0.717) is 22.6 Å². The van der Waals surface area contributed by atoms with Crippen molar-refractivity contribution in [3.8, 4) is 0 Å². The largest absolute Gasteiger partial charge is 0.405 e. The Morgan fingerprint density at radius 2 is 2.05 bits per heavy atom. The van der Waals surface area contributed by atoms with Gasteiger partial charge in [-0.25, -0.2) is 13.4 Å². The number of unbranched alkanes of at least 4 members (excludes halogenated alkanes) is 1. The number of allylic oxidation sites excluding steroid dienone is 1. The summed E-state index contributed by atoms with van der Waals surface area (Å²) in [5, 5.41) is 15.5. The normalized spacial score (nSPS) is 18.2. The first-order chi connectivity index (χ1) is 19.8. The second-order valence-electron chi connectivity index (χ2n) is 10.7. The zero-order valence-corrected chi connectivity index (χ0v) is 24.4. The highest BCUT2D eigenvalue weighted by Gasteiger charge is 2.51. The van der Waals surface area contributed by atoms with Crippen LogP contribution in [0.15, 0.2) is 47.6 Å². The number of hydrogen-bond acceptors (Lipinski definition) is 10. The Labute approximate surface area is 242 Å². The van der Waals surface area contributed by atoms with E-state index in [2.05, 4.69) is 30.2 Å². The average Bonchev–Trinajstić information content (AvgIpc) is 3.74. The highest BCUT2D eigenvalue weighted by Crippen LogP contribution is 2.58. The van der Waals surface area contributed by atoms with Gasteiger partial charge >= 0.3 is 0 Å². The number of aliphatic hydroxyl groups excluding tert-OH is 1. The quantitative estimate of drug-likeness (QED) is 0.119. The molecule has 11 nitrogen and oxygen atoms in total. The summed E-state index contributed by atoms with van der Waals surface area (Å²) in [6.07, 6.45) is 12.2. The summed E-state index contributed by atoms with van der Waals surface area (Å²) >= 11 is 0. The number of hydrogen-bond donors (Lipinski definition) is 5. The lowest BCUT2D eigenvalue weighted by Crippen LogP contribution is -2.42. The Morgan fingerprint density at radius 3 is 2.76 bits per heavy atom. The number of nitrogens with two attached hydrogens (primary N) is 1. The molecule has 1 atom stereocenters. The van der Waals surface area contributed by atoms with Crippen molar-refractivity contribution in [3.63, 3.8) is 0 Å². The number of aliphatic imine (C=N–C) groups is 1. The SMILES string of the molecule is CNc1ccc(N=C/C=C\N)c(NCCCCC2CN(c3cc(NS(=O)(=O)CCO)ccc3C=O)CCC23CC3)n1. The standard InChI is InChI=1S/C29H41N7O4S/c1-31-27-9-8-25(32-15-4-13-30)28(34-27)33-14-3-2-5-23-20-36(16-12-29(23)10-11-29)26-19-24(7-6-22(26)21-38)35-41(39,40)18-17-37/h4,6-9,13,15,19,21,23,35,37H,2-3,5,10-12,14,16-18,20,30H2,1H3,(H2,31,33,34)/b13-4-,32-15?. The van der Waals surface area contributed by atoms with E-state index in [9.17, 15) is 13.2 Å². The zero-order valence-electron chi connectivity index (χ0n) is 23.6. The van der Waals surface area contributed by atoms with E-state index < -0.39 is 16.6 Å². The molecule has 1 unspecified atom stereocenters. The minimum absolute atomic E-state index is 0.377. The van der Waals surface area contributed by atoms with Crippen molar-refractivity contribution in [1.82, 2.24) is 4.98 Å². The van der Waals surface area contributed by atoms with Crippen molar-refractivity contribution < 1.29 is 18.3 Å². The summed E-state index contributed by atoms with van der Waals surface area (Å²) < 4.78 is 26.9. The molecule has 1 spiro atoms. The Balaban J connectivity index is 1.37. The van der Waals surface area contributed by atoms with Crippen LogP contribution < -0.4 is 26.0 Å². The highest BCUT2D eigenvalue weighted by atomic mass is 32.2. The van der Waals surface area contributed by atoms with Crippen LogP contribution in [0.1, 0.15) is 48.9 Å². The van der Waals surface area contributed by atoms with E-state index in [4.69, 9.17) is 10.8 Å². The molecule has 222 valence electrons. The molecule has 2 aliphatic rings. The molecule has 0 radical (unpaired) electrons. The molecular weight excluding hydrogens is 542 g/mol. The number of pyridine rings is 1. The van der Waals surface area contributed by atoms with Crippen molar-refractivity contribution in [2.75, 3.05) is 59.3 Å². The number of aldehydes is 1.